The summed E-state index contributed by atoms with van der Waals surface area (Å²) in [6, 6.07) is 17.0. The van der Waals surface area contributed by atoms with Gasteiger partial charge in [0.25, 0.3) is 15.9 Å². The molecule has 3 aromatic carbocycles. The highest BCUT2D eigenvalue weighted by molar-refractivity contribution is 7.90. The largest absolute Gasteiger partial charge is 0.629 e. The average molecular weight is 984 g/mol. The monoisotopic (exact) mass is 982 g/mol. The molecule has 0 radical (unpaired) electrons. The van der Waals surface area contributed by atoms with Gasteiger partial charge in [0.1, 0.15) is 39.6 Å². The number of pyridine rings is 1. The van der Waals surface area contributed by atoms with Crippen LogP contribution in [0, 0.1) is 22.4 Å². The number of carbonyl (C=O) groups excluding carboxylic acids is 1. The van der Waals surface area contributed by atoms with E-state index in [0.717, 1.165) is 63.7 Å². The van der Waals surface area contributed by atoms with E-state index in [1.165, 1.54) is 61.9 Å². The third kappa shape index (κ3) is 9.29. The zero-order valence-corrected chi connectivity index (χ0v) is 41.0. The number of amides is 1. The molecule has 2 aliphatic heterocycles. The molecule has 2 aliphatic carbocycles. The molecule has 69 heavy (non-hydrogen) atoms. The third-order valence-electron chi connectivity index (χ3n) is 15.5. The van der Waals surface area contributed by atoms with Crippen LogP contribution in [0.1, 0.15) is 112 Å². The van der Waals surface area contributed by atoms with Crippen LogP contribution in [0.3, 0.4) is 0 Å². The van der Waals surface area contributed by atoms with Gasteiger partial charge in [-0.1, -0.05) is 61.3 Å². The Balaban J connectivity index is 0.889. The molecule has 2 saturated carbocycles. The number of rotatable bonds is 13. The van der Waals surface area contributed by atoms with Crippen molar-refractivity contribution >= 4 is 66.5 Å². The number of piperidine rings is 1. The summed E-state index contributed by atoms with van der Waals surface area (Å²) in [5.41, 5.74) is 3.67. The molecule has 6 aromatic rings. The molecule has 5 N–H and O–H groups in total. The highest BCUT2D eigenvalue weighted by atomic mass is 35.5. The summed E-state index contributed by atoms with van der Waals surface area (Å²) < 4.78 is 57.2. The Kier molecular flexibility index (Phi) is 12.7. The fourth-order valence-electron chi connectivity index (χ4n) is 11.5. The Morgan fingerprint density at radius 3 is 2.55 bits per heavy atom. The smallest absolute Gasteiger partial charge is 0.268 e. The molecule has 3 aromatic heterocycles. The number of hydrogen-bond donors (Lipinski definition) is 5. The lowest BCUT2D eigenvalue weighted by atomic mass is 9.70. The van der Waals surface area contributed by atoms with Crippen LogP contribution < -0.4 is 24.7 Å². The molecule has 5 heterocycles. The number of nitrogens with one attached hydrogen (secondary N) is 4. The van der Waals surface area contributed by atoms with E-state index >= 15 is 0 Å². The maximum Gasteiger partial charge on any atom is 0.268 e. The summed E-state index contributed by atoms with van der Waals surface area (Å²) in [4.78, 5) is 25.8. The maximum absolute atomic E-state index is 14.8. The van der Waals surface area contributed by atoms with Crippen LogP contribution >= 0.6 is 11.6 Å². The molecule has 366 valence electrons. The number of carbonyl (C=O) groups is 1. The maximum atomic E-state index is 14.8. The molecular formula is C51H60ClFN8O7S. The van der Waals surface area contributed by atoms with E-state index in [9.17, 15) is 27.9 Å². The first-order valence-electron chi connectivity index (χ1n) is 24.2. The van der Waals surface area contributed by atoms with Crippen molar-refractivity contribution in [3.05, 3.63) is 99.9 Å². The van der Waals surface area contributed by atoms with Gasteiger partial charge in [0.2, 0.25) is 0 Å². The van der Waals surface area contributed by atoms with Crippen molar-refractivity contribution in [2.45, 2.75) is 107 Å². The predicted molar refractivity (Wildman–Crippen MR) is 264 cm³/mol. The molecule has 2 unspecified atom stereocenters. The molecule has 3 atom stereocenters. The Morgan fingerprint density at radius 2 is 1.81 bits per heavy atom. The van der Waals surface area contributed by atoms with Crippen LogP contribution in [0.15, 0.2) is 76.5 Å². The molecule has 10 rings (SSSR count). The normalized spacial score (nSPS) is 23.4. The Labute approximate surface area is 406 Å². The van der Waals surface area contributed by atoms with Crippen molar-refractivity contribution in [2.24, 2.45) is 11.3 Å². The number of anilines is 2. The van der Waals surface area contributed by atoms with Gasteiger partial charge in [0.05, 0.1) is 29.0 Å². The lowest BCUT2D eigenvalue weighted by Crippen LogP contribution is -2.98. The van der Waals surface area contributed by atoms with E-state index in [-0.39, 0.29) is 61.2 Å². The van der Waals surface area contributed by atoms with Crippen LogP contribution in [0.5, 0.6) is 11.5 Å². The number of sulfonamides is 1. The zero-order chi connectivity index (χ0) is 48.4. The number of likely N-dealkylation sites (tertiary alicyclic amines) is 1. The molecule has 18 heteroatoms. The number of aromatic amines is 1. The SMILES string of the molecule is CC(C)c1ccccc1[C@@H]1CCCC1N1CC2(CCN(c3ccc(C(=O)NS(=O)(=O)c4cc([NH+](C)[O-])c(NC[C@H]5CC[C@](C)(O)CC5)c5conc45)c(Oc4cc5c(F)c[nH]c5nc4Cl)c3)CC2)C1. The summed E-state index contributed by atoms with van der Waals surface area (Å²) in [7, 11) is -3.39. The van der Waals surface area contributed by atoms with Gasteiger partial charge in [-0.25, -0.2) is 22.5 Å². The minimum atomic E-state index is -4.72. The van der Waals surface area contributed by atoms with Gasteiger partial charge >= 0.3 is 0 Å². The number of nitrogens with zero attached hydrogens (tertiary/aromatic N) is 4. The van der Waals surface area contributed by atoms with Gasteiger partial charge in [-0.3, -0.25) is 9.69 Å². The molecule has 1 amide bonds. The highest BCUT2D eigenvalue weighted by Gasteiger charge is 2.49. The minimum absolute atomic E-state index is 0.0250. The summed E-state index contributed by atoms with van der Waals surface area (Å²) in [6.45, 7) is 10.5. The number of aromatic nitrogens is 3. The van der Waals surface area contributed by atoms with E-state index in [0.29, 0.717) is 43.0 Å². The molecule has 2 saturated heterocycles. The van der Waals surface area contributed by atoms with Crippen molar-refractivity contribution < 1.29 is 37.0 Å². The van der Waals surface area contributed by atoms with E-state index < -0.39 is 37.3 Å². The van der Waals surface area contributed by atoms with Crippen molar-refractivity contribution in [1.82, 2.24) is 24.7 Å². The Bertz CT molecular complexity index is 3010. The number of H-pyrrole nitrogens is 1. The summed E-state index contributed by atoms with van der Waals surface area (Å²) in [6.07, 6.45) is 10.9. The second-order valence-electron chi connectivity index (χ2n) is 20.6. The summed E-state index contributed by atoms with van der Waals surface area (Å²) >= 11 is 6.57. The van der Waals surface area contributed by atoms with E-state index in [2.05, 4.69) is 73.1 Å². The third-order valence-corrected chi connectivity index (χ3v) is 17.1. The zero-order valence-electron chi connectivity index (χ0n) is 39.4. The van der Waals surface area contributed by atoms with Crippen LogP contribution in [-0.4, -0.2) is 90.9 Å². The van der Waals surface area contributed by atoms with E-state index in [1.807, 2.05) is 6.92 Å². The van der Waals surface area contributed by atoms with Crippen molar-refractivity contribution in [2.75, 3.05) is 50.0 Å². The van der Waals surface area contributed by atoms with Gasteiger partial charge < -0.3 is 39.8 Å². The molecular weight excluding hydrogens is 923 g/mol. The number of aliphatic hydroxyl groups is 1. The second kappa shape index (κ2) is 18.5. The number of fused-ring (bicyclic) bond motifs is 2. The molecule has 4 fully saturated rings. The quantitative estimate of drug-likeness (QED) is 0.0547. The van der Waals surface area contributed by atoms with Crippen LogP contribution in [0.2, 0.25) is 5.15 Å². The number of hydrogen-bond acceptors (Lipinski definition) is 12. The fraction of sp³-hybridized carbons (Fsp3) is 0.471. The summed E-state index contributed by atoms with van der Waals surface area (Å²) in [5, 5.41) is 30.8. The fourth-order valence-corrected chi connectivity index (χ4v) is 12.8. The van der Waals surface area contributed by atoms with E-state index in [1.54, 1.807) is 12.1 Å². The van der Waals surface area contributed by atoms with Gasteiger partial charge in [0.15, 0.2) is 16.6 Å². The van der Waals surface area contributed by atoms with E-state index in [4.69, 9.17) is 20.9 Å². The lowest BCUT2D eigenvalue weighted by Gasteiger charge is -2.57. The van der Waals surface area contributed by atoms with Crippen molar-refractivity contribution in [3.8, 4) is 11.5 Å². The van der Waals surface area contributed by atoms with Crippen LogP contribution in [-0.2, 0) is 10.0 Å². The topological polar surface area (TPSA) is 193 Å². The predicted octanol–water partition coefficient (Wildman–Crippen LogP) is 8.77. The average Bonchev–Trinajstić information content (AvgIpc) is 4.08. The number of benzene rings is 3. The minimum Gasteiger partial charge on any atom is -0.629 e. The van der Waals surface area contributed by atoms with Crippen LogP contribution in [0.25, 0.3) is 21.9 Å². The molecule has 4 aliphatic rings. The number of hydroxylamine groups is 1. The Morgan fingerprint density at radius 1 is 1.06 bits per heavy atom. The molecule has 15 nitrogen and oxygen atoms in total. The van der Waals surface area contributed by atoms with Gasteiger partial charge in [-0.05, 0) is 111 Å². The highest BCUT2D eigenvalue weighted by Crippen LogP contribution is 2.49. The van der Waals surface area contributed by atoms with Gasteiger partial charge in [-0.15, -0.1) is 0 Å². The first kappa shape index (κ1) is 47.4. The van der Waals surface area contributed by atoms with Gasteiger partial charge in [0, 0.05) is 62.8 Å². The summed E-state index contributed by atoms with van der Waals surface area (Å²) in [5.74, 6) is -0.427. The lowest BCUT2D eigenvalue weighted by molar-refractivity contribution is -0.750. The van der Waals surface area contributed by atoms with Crippen molar-refractivity contribution in [3.63, 3.8) is 0 Å². The Hall–Kier alpha value is -5.30. The standard InChI is InChI=1S/C51H60ClFN8O7S/c1-30(2)33-8-5-6-9-34(33)35-10-7-11-40(35)61-28-51(29-61)18-20-60(21-19-51)32-12-13-36(42(22-32)68-43-23-37-39(53)26-55-48(37)56-47(43)52)49(62)58-69(65,66)44-24-41(59(4)64)45(38-27-67-57-46(38)44)54-25-31-14-16-50(3,63)17-15-31/h5-6,8-9,12-13,22-24,26-27,30-31,35,40,54,59,63H,7,10-11,14-21,25,28-29H2,1-4H3,(H,55,56)(H,58,62)/t31-,35-,40?,50-/m0/s1. The first-order chi connectivity index (χ1) is 33.0. The van der Waals surface area contributed by atoms with Crippen LogP contribution in [0.4, 0.5) is 21.5 Å². The number of halogens is 2. The van der Waals surface area contributed by atoms with Crippen molar-refractivity contribution in [1.29, 1.82) is 0 Å². The number of quaternary nitrogens is 1. The van der Waals surface area contributed by atoms with Gasteiger partial charge in [-0.2, -0.15) is 0 Å². The first-order valence-corrected chi connectivity index (χ1v) is 26.0. The molecule has 0 bridgehead atoms. The number of ether oxygens (including phenoxy) is 1. The molecule has 1 spiro atoms. The second-order valence-corrected chi connectivity index (χ2v) is 22.6.